The van der Waals surface area contributed by atoms with Crippen LogP contribution in [0.15, 0.2) is 30.3 Å². The van der Waals surface area contributed by atoms with Crippen molar-refractivity contribution in [1.29, 1.82) is 0 Å². The van der Waals surface area contributed by atoms with Gasteiger partial charge >= 0.3 is 5.97 Å². The van der Waals surface area contributed by atoms with Gasteiger partial charge in [-0.15, -0.1) is 0 Å². The van der Waals surface area contributed by atoms with Gasteiger partial charge in [-0.2, -0.15) is 0 Å². The molecule has 18 heavy (non-hydrogen) atoms. The number of hydrogen-bond acceptors (Lipinski definition) is 4. The lowest BCUT2D eigenvalue weighted by Crippen LogP contribution is -2.45. The summed E-state index contributed by atoms with van der Waals surface area (Å²) in [6.45, 7) is 2.79. The number of ether oxygens (including phenoxy) is 1. The second-order valence-corrected chi connectivity index (χ2v) is 5.07. The second-order valence-electron chi connectivity index (χ2n) is 5.07. The SMILES string of the molecule is O=C(CN1C[C@H]2C[C@@H]1CN2)OCc1ccccc1. The minimum absolute atomic E-state index is 0.119. The van der Waals surface area contributed by atoms with Crippen molar-refractivity contribution in [2.75, 3.05) is 19.6 Å². The van der Waals surface area contributed by atoms with E-state index in [1.165, 1.54) is 6.42 Å². The number of nitrogens with zero attached hydrogens (tertiary/aromatic N) is 1. The highest BCUT2D eigenvalue weighted by Gasteiger charge is 2.38. The van der Waals surface area contributed by atoms with Crippen molar-refractivity contribution in [3.8, 4) is 0 Å². The third kappa shape index (κ3) is 2.54. The normalized spacial score (nSPS) is 26.4. The highest BCUT2D eigenvalue weighted by atomic mass is 16.5. The largest absolute Gasteiger partial charge is 0.460 e. The number of carbonyl (C=O) groups excluding carboxylic acids is 1. The van der Waals surface area contributed by atoms with Gasteiger partial charge in [0.2, 0.25) is 0 Å². The maximum atomic E-state index is 11.8. The van der Waals surface area contributed by atoms with Crippen LogP contribution in [0.1, 0.15) is 12.0 Å². The monoisotopic (exact) mass is 246 g/mol. The van der Waals surface area contributed by atoms with Crippen LogP contribution >= 0.6 is 0 Å². The molecule has 2 heterocycles. The Morgan fingerprint density at radius 2 is 2.22 bits per heavy atom. The fourth-order valence-corrected chi connectivity index (χ4v) is 2.79. The summed E-state index contributed by atoms with van der Waals surface area (Å²) in [6.07, 6.45) is 1.17. The number of hydrogen-bond donors (Lipinski definition) is 1. The summed E-state index contributed by atoms with van der Waals surface area (Å²) in [5.41, 5.74) is 1.04. The van der Waals surface area contributed by atoms with Gasteiger partial charge in [0.25, 0.3) is 0 Å². The molecule has 3 rings (SSSR count). The van der Waals surface area contributed by atoms with Crippen molar-refractivity contribution in [1.82, 2.24) is 10.2 Å². The molecular formula is C14H18N2O2. The lowest BCUT2D eigenvalue weighted by atomic mass is 10.2. The molecule has 2 bridgehead atoms. The predicted molar refractivity (Wildman–Crippen MR) is 68.0 cm³/mol. The highest BCUT2D eigenvalue weighted by molar-refractivity contribution is 5.71. The van der Waals surface area contributed by atoms with Crippen molar-refractivity contribution in [3.05, 3.63) is 35.9 Å². The fourth-order valence-electron chi connectivity index (χ4n) is 2.79. The molecule has 0 aromatic heterocycles. The number of fused-ring (bicyclic) bond motifs is 2. The van der Waals surface area contributed by atoms with E-state index in [-0.39, 0.29) is 5.97 Å². The Morgan fingerprint density at radius 3 is 2.89 bits per heavy atom. The van der Waals surface area contributed by atoms with E-state index in [0.717, 1.165) is 18.7 Å². The number of esters is 1. The van der Waals surface area contributed by atoms with E-state index in [1.807, 2.05) is 30.3 Å². The summed E-state index contributed by atoms with van der Waals surface area (Å²) < 4.78 is 5.30. The highest BCUT2D eigenvalue weighted by Crippen LogP contribution is 2.22. The van der Waals surface area contributed by atoms with Gasteiger partial charge in [0, 0.05) is 25.2 Å². The first-order valence-electron chi connectivity index (χ1n) is 6.48. The number of piperazine rings is 1. The summed E-state index contributed by atoms with van der Waals surface area (Å²) >= 11 is 0. The van der Waals surface area contributed by atoms with Gasteiger partial charge in [-0.3, -0.25) is 9.69 Å². The molecule has 1 aromatic carbocycles. The molecule has 4 heteroatoms. The molecule has 2 aliphatic rings. The van der Waals surface area contributed by atoms with Gasteiger partial charge in [-0.05, 0) is 12.0 Å². The van der Waals surface area contributed by atoms with Gasteiger partial charge in [0.15, 0.2) is 0 Å². The van der Waals surface area contributed by atoms with Crippen LogP contribution in [0.2, 0.25) is 0 Å². The van der Waals surface area contributed by atoms with E-state index in [9.17, 15) is 4.79 Å². The van der Waals surface area contributed by atoms with Crippen LogP contribution in [-0.2, 0) is 16.1 Å². The number of nitrogens with one attached hydrogen (secondary N) is 1. The summed E-state index contributed by atoms with van der Waals surface area (Å²) in [5.74, 6) is -0.119. The lowest BCUT2D eigenvalue weighted by Gasteiger charge is -2.25. The first-order valence-corrected chi connectivity index (χ1v) is 6.48. The third-order valence-corrected chi connectivity index (χ3v) is 3.74. The Hall–Kier alpha value is -1.39. The minimum atomic E-state index is -0.119. The van der Waals surface area contributed by atoms with E-state index in [1.54, 1.807) is 0 Å². The average Bonchev–Trinajstić information content (AvgIpc) is 3.00. The van der Waals surface area contributed by atoms with Crippen LogP contribution in [0.25, 0.3) is 0 Å². The molecule has 2 aliphatic heterocycles. The van der Waals surface area contributed by atoms with Crippen LogP contribution < -0.4 is 5.32 Å². The molecule has 4 nitrogen and oxygen atoms in total. The molecule has 0 amide bonds. The Kier molecular flexibility index (Phi) is 3.30. The first-order chi connectivity index (χ1) is 8.81. The van der Waals surface area contributed by atoms with Crippen molar-refractivity contribution in [3.63, 3.8) is 0 Å². The zero-order chi connectivity index (χ0) is 12.4. The average molecular weight is 246 g/mol. The molecule has 0 radical (unpaired) electrons. The van der Waals surface area contributed by atoms with E-state index < -0.39 is 0 Å². The third-order valence-electron chi connectivity index (χ3n) is 3.74. The second kappa shape index (κ2) is 5.08. The Bertz CT molecular complexity index is 421. The van der Waals surface area contributed by atoms with E-state index in [2.05, 4.69) is 10.2 Å². The van der Waals surface area contributed by atoms with E-state index >= 15 is 0 Å². The molecule has 2 fully saturated rings. The van der Waals surface area contributed by atoms with E-state index in [0.29, 0.717) is 25.2 Å². The number of benzene rings is 1. The lowest BCUT2D eigenvalue weighted by molar-refractivity contribution is -0.146. The number of rotatable bonds is 4. The van der Waals surface area contributed by atoms with E-state index in [4.69, 9.17) is 4.74 Å². The van der Waals surface area contributed by atoms with Crippen LogP contribution in [0.3, 0.4) is 0 Å². The summed E-state index contributed by atoms with van der Waals surface area (Å²) in [4.78, 5) is 14.0. The van der Waals surface area contributed by atoms with Crippen molar-refractivity contribution >= 4 is 5.97 Å². The molecule has 1 N–H and O–H groups in total. The maximum Gasteiger partial charge on any atom is 0.320 e. The maximum absolute atomic E-state index is 11.8. The molecule has 0 spiro atoms. The van der Waals surface area contributed by atoms with Gasteiger partial charge in [-0.1, -0.05) is 30.3 Å². The number of likely N-dealkylation sites (tertiary alicyclic amines) is 1. The summed E-state index contributed by atoms with van der Waals surface area (Å²) in [5, 5.41) is 3.42. The van der Waals surface area contributed by atoms with Crippen molar-refractivity contribution in [2.45, 2.75) is 25.1 Å². The molecule has 2 atom stereocenters. The molecule has 1 aromatic rings. The van der Waals surface area contributed by atoms with Gasteiger partial charge in [-0.25, -0.2) is 0 Å². The van der Waals surface area contributed by atoms with Crippen molar-refractivity contribution in [2.24, 2.45) is 0 Å². The molecule has 0 unspecified atom stereocenters. The van der Waals surface area contributed by atoms with Crippen LogP contribution in [0, 0.1) is 0 Å². The topological polar surface area (TPSA) is 41.6 Å². The Labute approximate surface area is 107 Å². The molecular weight excluding hydrogens is 228 g/mol. The number of carbonyl (C=O) groups is 1. The van der Waals surface area contributed by atoms with Crippen LogP contribution in [0.4, 0.5) is 0 Å². The molecule has 0 saturated carbocycles. The predicted octanol–water partition coefficient (Wildman–Crippen LogP) is 0.776. The first kappa shape index (κ1) is 11.7. The zero-order valence-corrected chi connectivity index (χ0v) is 10.3. The Morgan fingerprint density at radius 1 is 1.39 bits per heavy atom. The standard InChI is InChI=1S/C14H18N2O2/c17-14(18-10-11-4-2-1-3-5-11)9-16-8-12-6-13(16)7-15-12/h1-5,12-13,15H,6-10H2/t12-,13-/m1/s1. The zero-order valence-electron chi connectivity index (χ0n) is 10.3. The molecule has 96 valence electrons. The van der Waals surface area contributed by atoms with Gasteiger partial charge in [0.1, 0.15) is 6.61 Å². The summed E-state index contributed by atoms with van der Waals surface area (Å²) in [7, 11) is 0. The fraction of sp³-hybridized carbons (Fsp3) is 0.500. The summed E-state index contributed by atoms with van der Waals surface area (Å²) in [6, 6.07) is 10.9. The minimum Gasteiger partial charge on any atom is -0.460 e. The van der Waals surface area contributed by atoms with Crippen LogP contribution in [0.5, 0.6) is 0 Å². The van der Waals surface area contributed by atoms with Crippen molar-refractivity contribution < 1.29 is 9.53 Å². The smallest absolute Gasteiger partial charge is 0.320 e. The molecule has 0 aliphatic carbocycles. The quantitative estimate of drug-likeness (QED) is 0.797. The van der Waals surface area contributed by atoms with Gasteiger partial charge in [0.05, 0.1) is 6.54 Å². The molecule has 2 saturated heterocycles. The van der Waals surface area contributed by atoms with Crippen LogP contribution in [-0.4, -0.2) is 42.6 Å². The van der Waals surface area contributed by atoms with Gasteiger partial charge < -0.3 is 10.1 Å². The Balaban J connectivity index is 1.45.